The minimum atomic E-state index is 0.679. The van der Waals surface area contributed by atoms with Gasteiger partial charge in [-0.25, -0.2) is 9.97 Å². The van der Waals surface area contributed by atoms with Gasteiger partial charge in [0, 0.05) is 23.7 Å². The van der Waals surface area contributed by atoms with Crippen LogP contribution in [0.1, 0.15) is 49.4 Å². The molecule has 0 radical (unpaired) electrons. The van der Waals surface area contributed by atoms with Crippen molar-refractivity contribution >= 4 is 0 Å². The van der Waals surface area contributed by atoms with Gasteiger partial charge in [0.25, 0.3) is 0 Å². The molecule has 2 N–H and O–H groups in total. The van der Waals surface area contributed by atoms with Crippen LogP contribution in [0.5, 0.6) is 0 Å². The summed E-state index contributed by atoms with van der Waals surface area (Å²) in [6.07, 6.45) is 9.96. The summed E-state index contributed by atoms with van der Waals surface area (Å²) < 4.78 is 0. The van der Waals surface area contributed by atoms with Crippen molar-refractivity contribution in [3.8, 4) is 0 Å². The summed E-state index contributed by atoms with van der Waals surface area (Å²) in [6, 6.07) is 2.24. The molecule has 0 atom stereocenters. The molecule has 3 nitrogen and oxygen atoms in total. The van der Waals surface area contributed by atoms with Gasteiger partial charge in [-0.05, 0) is 68.4 Å². The molecule has 0 aromatic carbocycles. The molecule has 0 spiro atoms. The third-order valence-corrected chi connectivity index (χ3v) is 5.71. The molecule has 4 fully saturated rings. The first-order valence-corrected chi connectivity index (χ1v) is 7.84. The number of hydrogen-bond acceptors (Lipinski definition) is 3. The van der Waals surface area contributed by atoms with Crippen molar-refractivity contribution in [2.45, 2.75) is 44.4 Å². The Labute approximate surface area is 115 Å². The number of aromatic nitrogens is 2. The van der Waals surface area contributed by atoms with Gasteiger partial charge in [-0.2, -0.15) is 0 Å². The molecule has 4 aliphatic carbocycles. The number of rotatable bonds is 3. The fourth-order valence-corrected chi connectivity index (χ4v) is 5.29. The minimum Gasteiger partial charge on any atom is -0.330 e. The van der Waals surface area contributed by atoms with E-state index in [1.165, 1.54) is 37.8 Å². The standard InChI is InChI=1S/C16H23N3/c17-2-1-14-8-15(19-9-18-14)16-12-4-10-3-11(6-12)7-13(16)5-10/h8-13,16H,1-7,17H2. The van der Waals surface area contributed by atoms with Gasteiger partial charge < -0.3 is 5.73 Å². The molecule has 4 bridgehead atoms. The predicted molar refractivity (Wildman–Crippen MR) is 74.6 cm³/mol. The van der Waals surface area contributed by atoms with Crippen LogP contribution in [0, 0.1) is 23.7 Å². The molecule has 0 saturated heterocycles. The summed E-state index contributed by atoms with van der Waals surface area (Å²) in [5.74, 6) is 4.58. The lowest BCUT2D eigenvalue weighted by Crippen LogP contribution is -2.44. The van der Waals surface area contributed by atoms with Gasteiger partial charge in [0.1, 0.15) is 6.33 Å². The van der Waals surface area contributed by atoms with Crippen LogP contribution in [-0.4, -0.2) is 16.5 Å². The average Bonchev–Trinajstić information content (AvgIpc) is 2.38. The SMILES string of the molecule is NCCc1cc(C2C3CC4CC(C3)CC2C4)ncn1. The summed E-state index contributed by atoms with van der Waals surface area (Å²) in [7, 11) is 0. The second-order valence-corrected chi connectivity index (χ2v) is 6.93. The van der Waals surface area contributed by atoms with E-state index in [1.54, 1.807) is 6.33 Å². The molecule has 4 aliphatic rings. The van der Waals surface area contributed by atoms with Crippen molar-refractivity contribution in [1.82, 2.24) is 9.97 Å². The zero-order chi connectivity index (χ0) is 12.8. The molecular formula is C16H23N3. The lowest BCUT2D eigenvalue weighted by Gasteiger charge is -2.54. The van der Waals surface area contributed by atoms with Gasteiger partial charge in [-0.3, -0.25) is 0 Å². The van der Waals surface area contributed by atoms with Crippen molar-refractivity contribution in [3.05, 3.63) is 23.8 Å². The van der Waals surface area contributed by atoms with Crippen LogP contribution in [0.25, 0.3) is 0 Å². The van der Waals surface area contributed by atoms with E-state index in [2.05, 4.69) is 16.0 Å². The molecule has 3 heteroatoms. The zero-order valence-electron chi connectivity index (χ0n) is 11.5. The maximum atomic E-state index is 5.64. The van der Waals surface area contributed by atoms with Gasteiger partial charge in [0.15, 0.2) is 0 Å². The zero-order valence-corrected chi connectivity index (χ0v) is 11.5. The summed E-state index contributed by atoms with van der Waals surface area (Å²) in [5.41, 5.74) is 8.08. The van der Waals surface area contributed by atoms with E-state index >= 15 is 0 Å². The third kappa shape index (κ3) is 1.99. The summed E-state index contributed by atoms with van der Waals surface area (Å²) in [6.45, 7) is 0.679. The van der Waals surface area contributed by atoms with Crippen LogP contribution < -0.4 is 5.73 Å². The van der Waals surface area contributed by atoms with Crippen molar-refractivity contribution in [2.24, 2.45) is 29.4 Å². The monoisotopic (exact) mass is 257 g/mol. The van der Waals surface area contributed by atoms with E-state index in [4.69, 9.17) is 5.73 Å². The topological polar surface area (TPSA) is 51.8 Å². The molecule has 5 rings (SSSR count). The Morgan fingerprint density at radius 3 is 2.32 bits per heavy atom. The van der Waals surface area contributed by atoms with E-state index in [9.17, 15) is 0 Å². The number of hydrogen-bond donors (Lipinski definition) is 1. The van der Waals surface area contributed by atoms with Crippen molar-refractivity contribution in [3.63, 3.8) is 0 Å². The van der Waals surface area contributed by atoms with Gasteiger partial charge in [0.05, 0.1) is 0 Å². The Hall–Kier alpha value is -0.960. The lowest BCUT2D eigenvalue weighted by molar-refractivity contribution is -0.00422. The molecule has 4 saturated carbocycles. The molecular weight excluding hydrogens is 234 g/mol. The summed E-state index contributed by atoms with van der Waals surface area (Å²) >= 11 is 0. The average molecular weight is 257 g/mol. The summed E-state index contributed by atoms with van der Waals surface area (Å²) in [5, 5.41) is 0. The van der Waals surface area contributed by atoms with Crippen molar-refractivity contribution in [1.29, 1.82) is 0 Å². The van der Waals surface area contributed by atoms with Crippen LogP contribution in [0.15, 0.2) is 12.4 Å². The first kappa shape index (κ1) is 11.8. The Kier molecular flexibility index (Phi) is 2.83. The van der Waals surface area contributed by atoms with Crippen LogP contribution >= 0.6 is 0 Å². The number of nitrogens with two attached hydrogens (primary N) is 1. The Morgan fingerprint density at radius 1 is 1.00 bits per heavy atom. The van der Waals surface area contributed by atoms with E-state index < -0.39 is 0 Å². The van der Waals surface area contributed by atoms with Gasteiger partial charge >= 0.3 is 0 Å². The lowest BCUT2D eigenvalue weighted by atomic mass is 9.51. The Bertz CT molecular complexity index is 443. The van der Waals surface area contributed by atoms with Gasteiger partial charge in [0.2, 0.25) is 0 Å². The molecule has 19 heavy (non-hydrogen) atoms. The van der Waals surface area contributed by atoms with Crippen LogP contribution in [0.3, 0.4) is 0 Å². The van der Waals surface area contributed by atoms with Gasteiger partial charge in [-0.15, -0.1) is 0 Å². The van der Waals surface area contributed by atoms with Crippen LogP contribution in [-0.2, 0) is 6.42 Å². The normalized spacial score (nSPS) is 39.7. The highest BCUT2D eigenvalue weighted by molar-refractivity contribution is 5.19. The fourth-order valence-electron chi connectivity index (χ4n) is 5.29. The van der Waals surface area contributed by atoms with Crippen LogP contribution in [0.2, 0.25) is 0 Å². The second-order valence-electron chi connectivity index (χ2n) is 6.93. The quantitative estimate of drug-likeness (QED) is 0.905. The second kappa shape index (κ2) is 4.55. The van der Waals surface area contributed by atoms with E-state index in [0.29, 0.717) is 12.5 Å². The van der Waals surface area contributed by atoms with E-state index in [0.717, 1.165) is 35.8 Å². The molecule has 1 heterocycles. The summed E-state index contributed by atoms with van der Waals surface area (Å²) in [4.78, 5) is 8.97. The first-order valence-electron chi connectivity index (χ1n) is 7.84. The minimum absolute atomic E-state index is 0.679. The number of nitrogens with zero attached hydrogens (tertiary/aromatic N) is 2. The van der Waals surface area contributed by atoms with Crippen molar-refractivity contribution < 1.29 is 0 Å². The van der Waals surface area contributed by atoms with Crippen molar-refractivity contribution in [2.75, 3.05) is 6.54 Å². The highest BCUT2D eigenvalue weighted by Gasteiger charge is 2.49. The van der Waals surface area contributed by atoms with Gasteiger partial charge in [-0.1, -0.05) is 0 Å². The molecule has 1 aromatic rings. The smallest absolute Gasteiger partial charge is 0.115 e. The molecule has 1 aromatic heterocycles. The predicted octanol–water partition coefficient (Wildman–Crippen LogP) is 2.52. The molecule has 0 amide bonds. The Balaban J connectivity index is 1.63. The largest absolute Gasteiger partial charge is 0.330 e. The fraction of sp³-hybridized carbons (Fsp3) is 0.750. The maximum absolute atomic E-state index is 5.64. The highest BCUT2D eigenvalue weighted by atomic mass is 14.8. The van der Waals surface area contributed by atoms with E-state index in [1.807, 2.05) is 0 Å². The first-order chi connectivity index (χ1) is 9.33. The molecule has 0 aliphatic heterocycles. The third-order valence-electron chi connectivity index (χ3n) is 5.71. The van der Waals surface area contributed by atoms with E-state index in [-0.39, 0.29) is 0 Å². The molecule has 0 unspecified atom stereocenters. The highest BCUT2D eigenvalue weighted by Crippen LogP contribution is 2.59. The molecule has 102 valence electrons. The maximum Gasteiger partial charge on any atom is 0.115 e. The Morgan fingerprint density at radius 2 is 1.68 bits per heavy atom. The van der Waals surface area contributed by atoms with Crippen LogP contribution in [0.4, 0.5) is 0 Å².